The van der Waals surface area contributed by atoms with Gasteiger partial charge >= 0.3 is 0 Å². The van der Waals surface area contributed by atoms with Gasteiger partial charge in [0.25, 0.3) is 0 Å². The summed E-state index contributed by atoms with van der Waals surface area (Å²) in [6.07, 6.45) is 3.74. The number of ether oxygens (including phenoxy) is 1. The topological polar surface area (TPSA) is 29.5 Å². The first-order valence-corrected chi connectivity index (χ1v) is 8.06. The zero-order chi connectivity index (χ0) is 15.2. The van der Waals surface area contributed by atoms with Crippen molar-refractivity contribution in [3.63, 3.8) is 0 Å². The summed E-state index contributed by atoms with van der Waals surface area (Å²) in [5, 5.41) is 0. The maximum atomic E-state index is 12.3. The monoisotopic (exact) mass is 289 g/mol. The van der Waals surface area contributed by atoms with Gasteiger partial charge in [-0.3, -0.25) is 4.79 Å². The molecule has 1 aliphatic rings. The van der Waals surface area contributed by atoms with Crippen LogP contribution in [0.1, 0.15) is 45.1 Å². The van der Waals surface area contributed by atoms with Gasteiger partial charge in [-0.1, -0.05) is 32.0 Å². The molecule has 1 amide bonds. The van der Waals surface area contributed by atoms with Crippen LogP contribution in [0.2, 0.25) is 0 Å². The highest BCUT2D eigenvalue weighted by Crippen LogP contribution is 2.28. The van der Waals surface area contributed by atoms with E-state index in [0.717, 1.165) is 24.3 Å². The second-order valence-corrected chi connectivity index (χ2v) is 6.39. The van der Waals surface area contributed by atoms with Gasteiger partial charge in [-0.25, -0.2) is 0 Å². The van der Waals surface area contributed by atoms with Crippen molar-refractivity contribution in [3.8, 4) is 5.75 Å². The van der Waals surface area contributed by atoms with E-state index in [2.05, 4.69) is 18.7 Å². The molecule has 1 saturated carbocycles. The number of benzene rings is 1. The van der Waals surface area contributed by atoms with Crippen molar-refractivity contribution in [2.45, 2.75) is 52.5 Å². The average molecular weight is 289 g/mol. The highest BCUT2D eigenvalue weighted by molar-refractivity contribution is 5.76. The van der Waals surface area contributed by atoms with Gasteiger partial charge < -0.3 is 9.64 Å². The van der Waals surface area contributed by atoms with E-state index in [1.54, 1.807) is 0 Å². The lowest BCUT2D eigenvalue weighted by Gasteiger charge is -2.24. The van der Waals surface area contributed by atoms with Crippen LogP contribution in [-0.4, -0.2) is 30.0 Å². The first-order valence-electron chi connectivity index (χ1n) is 8.06. The van der Waals surface area contributed by atoms with Crippen LogP contribution in [0.4, 0.5) is 0 Å². The maximum Gasteiger partial charge on any atom is 0.222 e. The zero-order valence-electron chi connectivity index (χ0n) is 13.5. The molecule has 0 heterocycles. The molecular formula is C18H27NO2. The number of carbonyl (C=O) groups is 1. The quantitative estimate of drug-likeness (QED) is 0.681. The fraction of sp³-hybridized carbons (Fsp3) is 0.611. The Kier molecular flexibility index (Phi) is 5.66. The number of hydrogen-bond donors (Lipinski definition) is 0. The molecule has 21 heavy (non-hydrogen) atoms. The van der Waals surface area contributed by atoms with E-state index < -0.39 is 0 Å². The Hall–Kier alpha value is -1.51. The second-order valence-electron chi connectivity index (χ2n) is 6.39. The second kappa shape index (κ2) is 7.48. The fourth-order valence-electron chi connectivity index (χ4n) is 2.50. The third kappa shape index (κ3) is 5.07. The molecule has 1 aromatic carbocycles. The molecule has 3 heteroatoms. The van der Waals surface area contributed by atoms with Crippen LogP contribution in [0.15, 0.2) is 24.3 Å². The van der Waals surface area contributed by atoms with E-state index >= 15 is 0 Å². The normalized spacial score (nSPS) is 14.3. The Morgan fingerprint density at radius 3 is 2.67 bits per heavy atom. The van der Waals surface area contributed by atoms with Gasteiger partial charge in [0.15, 0.2) is 0 Å². The predicted octanol–water partition coefficient (Wildman–Crippen LogP) is 3.80. The lowest BCUT2D eigenvalue weighted by molar-refractivity contribution is -0.132. The molecule has 0 radical (unpaired) electrons. The SMILES string of the molecule is Cc1ccccc1OCCCC(=O)N(CC(C)C)C1CC1. The summed E-state index contributed by atoms with van der Waals surface area (Å²) in [4.78, 5) is 14.4. The summed E-state index contributed by atoms with van der Waals surface area (Å²) in [6.45, 7) is 7.88. The van der Waals surface area contributed by atoms with E-state index in [1.807, 2.05) is 31.2 Å². The van der Waals surface area contributed by atoms with Gasteiger partial charge in [-0.2, -0.15) is 0 Å². The predicted molar refractivity (Wildman–Crippen MR) is 85.5 cm³/mol. The standard InChI is InChI=1S/C18H27NO2/c1-14(2)13-19(16-10-11-16)18(20)9-6-12-21-17-8-5-4-7-15(17)3/h4-5,7-8,14,16H,6,9-13H2,1-3H3. The molecule has 0 N–H and O–H groups in total. The Balaban J connectivity index is 1.72. The summed E-state index contributed by atoms with van der Waals surface area (Å²) in [7, 11) is 0. The molecule has 0 unspecified atom stereocenters. The molecule has 0 spiro atoms. The van der Waals surface area contributed by atoms with E-state index in [0.29, 0.717) is 30.9 Å². The highest BCUT2D eigenvalue weighted by atomic mass is 16.5. The van der Waals surface area contributed by atoms with Crippen molar-refractivity contribution in [1.82, 2.24) is 4.90 Å². The Morgan fingerprint density at radius 1 is 1.33 bits per heavy atom. The van der Waals surface area contributed by atoms with Crippen molar-refractivity contribution in [3.05, 3.63) is 29.8 Å². The van der Waals surface area contributed by atoms with Crippen LogP contribution in [-0.2, 0) is 4.79 Å². The lowest BCUT2D eigenvalue weighted by atomic mass is 10.2. The van der Waals surface area contributed by atoms with E-state index in [-0.39, 0.29) is 0 Å². The Bertz CT molecular complexity index is 466. The molecule has 0 bridgehead atoms. The Labute approximate surface area is 128 Å². The summed E-state index contributed by atoms with van der Waals surface area (Å²) < 4.78 is 5.75. The molecule has 2 rings (SSSR count). The fourth-order valence-corrected chi connectivity index (χ4v) is 2.50. The molecule has 116 valence electrons. The van der Waals surface area contributed by atoms with Gasteiger partial charge in [0.05, 0.1) is 6.61 Å². The maximum absolute atomic E-state index is 12.3. The number of aryl methyl sites for hydroxylation is 1. The first-order chi connectivity index (χ1) is 10.1. The molecule has 1 fully saturated rings. The molecule has 1 aliphatic carbocycles. The summed E-state index contributed by atoms with van der Waals surface area (Å²) in [6, 6.07) is 8.51. The molecule has 0 aliphatic heterocycles. The first kappa shape index (κ1) is 15.9. The summed E-state index contributed by atoms with van der Waals surface area (Å²) in [5.74, 6) is 1.75. The van der Waals surface area contributed by atoms with Crippen molar-refractivity contribution in [1.29, 1.82) is 0 Å². The molecule has 0 saturated heterocycles. The number of carbonyl (C=O) groups excluding carboxylic acids is 1. The zero-order valence-corrected chi connectivity index (χ0v) is 13.5. The number of rotatable bonds is 8. The minimum atomic E-state index is 0.291. The number of para-hydroxylation sites is 1. The highest BCUT2D eigenvalue weighted by Gasteiger charge is 2.32. The van der Waals surface area contributed by atoms with Gasteiger partial charge in [0, 0.05) is 19.0 Å². The largest absolute Gasteiger partial charge is 0.493 e. The molecular weight excluding hydrogens is 262 g/mol. The van der Waals surface area contributed by atoms with Gasteiger partial charge in [0.2, 0.25) is 5.91 Å². The van der Waals surface area contributed by atoms with E-state index in [4.69, 9.17) is 4.74 Å². The van der Waals surface area contributed by atoms with Crippen molar-refractivity contribution >= 4 is 5.91 Å². The molecule has 1 aromatic rings. The van der Waals surface area contributed by atoms with E-state index in [9.17, 15) is 4.79 Å². The number of nitrogens with zero attached hydrogens (tertiary/aromatic N) is 1. The van der Waals surface area contributed by atoms with Crippen molar-refractivity contribution in [2.24, 2.45) is 5.92 Å². The Morgan fingerprint density at radius 2 is 2.05 bits per heavy atom. The smallest absolute Gasteiger partial charge is 0.222 e. The third-order valence-corrected chi connectivity index (χ3v) is 3.76. The van der Waals surface area contributed by atoms with Gasteiger partial charge in [-0.15, -0.1) is 0 Å². The van der Waals surface area contributed by atoms with Crippen molar-refractivity contribution in [2.75, 3.05) is 13.2 Å². The van der Waals surface area contributed by atoms with Crippen LogP contribution in [0, 0.1) is 12.8 Å². The summed E-state index contributed by atoms with van der Waals surface area (Å²) >= 11 is 0. The lowest BCUT2D eigenvalue weighted by Crippen LogP contribution is -2.36. The van der Waals surface area contributed by atoms with E-state index in [1.165, 1.54) is 12.8 Å². The summed E-state index contributed by atoms with van der Waals surface area (Å²) in [5.41, 5.74) is 1.14. The van der Waals surface area contributed by atoms with Crippen LogP contribution in [0.3, 0.4) is 0 Å². The van der Waals surface area contributed by atoms with Crippen LogP contribution in [0.5, 0.6) is 5.75 Å². The van der Waals surface area contributed by atoms with Gasteiger partial charge in [0.1, 0.15) is 5.75 Å². The average Bonchev–Trinajstić information content (AvgIpc) is 3.27. The van der Waals surface area contributed by atoms with Crippen molar-refractivity contribution < 1.29 is 9.53 Å². The molecule has 3 nitrogen and oxygen atoms in total. The third-order valence-electron chi connectivity index (χ3n) is 3.76. The minimum absolute atomic E-state index is 0.291. The molecule has 0 aromatic heterocycles. The van der Waals surface area contributed by atoms with Crippen LogP contribution in [0.25, 0.3) is 0 Å². The molecule has 0 atom stereocenters. The van der Waals surface area contributed by atoms with Crippen LogP contribution < -0.4 is 4.74 Å². The number of hydrogen-bond acceptors (Lipinski definition) is 2. The van der Waals surface area contributed by atoms with Gasteiger partial charge in [-0.05, 0) is 43.7 Å². The number of amides is 1. The minimum Gasteiger partial charge on any atom is -0.493 e. The van der Waals surface area contributed by atoms with Crippen LogP contribution >= 0.6 is 0 Å².